The molecule has 3 aromatic rings. The summed E-state index contributed by atoms with van der Waals surface area (Å²) in [5, 5.41) is 3.99. The molecular weight excluding hydrogens is 320 g/mol. The van der Waals surface area contributed by atoms with Crippen LogP contribution in [0.5, 0.6) is 11.5 Å². The number of aromatic nitrogens is 2. The van der Waals surface area contributed by atoms with Crippen molar-refractivity contribution < 1.29 is 14.3 Å². The van der Waals surface area contributed by atoms with Crippen molar-refractivity contribution in [2.24, 2.45) is 5.10 Å². The summed E-state index contributed by atoms with van der Waals surface area (Å²) in [6.07, 6.45) is 6.91. The molecule has 0 saturated carbocycles. The van der Waals surface area contributed by atoms with Gasteiger partial charge in [0.05, 0.1) is 12.5 Å². The van der Waals surface area contributed by atoms with Crippen molar-refractivity contribution in [1.29, 1.82) is 0 Å². The SMILES string of the molecule is O=C(N/N=C/c1ccc(-n2ccnc2)cc1)c1ccc2c(c1)OCO2. The third-order valence-electron chi connectivity index (χ3n) is 3.71. The Morgan fingerprint density at radius 3 is 2.80 bits per heavy atom. The van der Waals surface area contributed by atoms with Crippen LogP contribution in [0.15, 0.2) is 66.3 Å². The lowest BCUT2D eigenvalue weighted by molar-refractivity contribution is 0.0954. The number of nitrogens with one attached hydrogen (secondary N) is 1. The van der Waals surface area contributed by atoms with Crippen LogP contribution in [0.25, 0.3) is 5.69 Å². The van der Waals surface area contributed by atoms with Crippen LogP contribution in [0.2, 0.25) is 0 Å². The summed E-state index contributed by atoms with van der Waals surface area (Å²) in [5.74, 6) is 0.884. The van der Waals surface area contributed by atoms with E-state index < -0.39 is 0 Å². The van der Waals surface area contributed by atoms with Gasteiger partial charge in [-0.05, 0) is 35.9 Å². The summed E-state index contributed by atoms with van der Waals surface area (Å²) in [5.41, 5.74) is 4.82. The number of carbonyl (C=O) groups excluding carboxylic acids is 1. The van der Waals surface area contributed by atoms with Gasteiger partial charge in [0.15, 0.2) is 11.5 Å². The maximum absolute atomic E-state index is 12.1. The number of hydrogen-bond acceptors (Lipinski definition) is 5. The molecule has 124 valence electrons. The average Bonchev–Trinajstić information content (AvgIpc) is 3.33. The number of hydrogen-bond donors (Lipinski definition) is 1. The monoisotopic (exact) mass is 334 g/mol. The summed E-state index contributed by atoms with van der Waals surface area (Å²) in [6, 6.07) is 12.7. The predicted molar refractivity (Wildman–Crippen MR) is 91.2 cm³/mol. The molecule has 1 N–H and O–H groups in total. The van der Waals surface area contributed by atoms with Gasteiger partial charge in [-0.25, -0.2) is 10.4 Å². The second-order valence-electron chi connectivity index (χ2n) is 5.33. The Kier molecular flexibility index (Phi) is 3.88. The summed E-state index contributed by atoms with van der Waals surface area (Å²) < 4.78 is 12.4. The van der Waals surface area contributed by atoms with E-state index in [-0.39, 0.29) is 12.7 Å². The van der Waals surface area contributed by atoms with Gasteiger partial charge in [-0.1, -0.05) is 12.1 Å². The van der Waals surface area contributed by atoms with Crippen molar-refractivity contribution >= 4 is 12.1 Å². The largest absolute Gasteiger partial charge is 0.454 e. The number of fused-ring (bicyclic) bond motifs is 1. The summed E-state index contributed by atoms with van der Waals surface area (Å²) in [4.78, 5) is 16.1. The van der Waals surface area contributed by atoms with Crippen LogP contribution in [0.3, 0.4) is 0 Å². The topological polar surface area (TPSA) is 77.7 Å². The van der Waals surface area contributed by atoms with Gasteiger partial charge in [0.2, 0.25) is 6.79 Å². The molecule has 4 rings (SSSR count). The smallest absolute Gasteiger partial charge is 0.271 e. The normalized spacial score (nSPS) is 12.5. The van der Waals surface area contributed by atoms with Crippen LogP contribution >= 0.6 is 0 Å². The molecular formula is C18H14N4O3. The number of carbonyl (C=O) groups is 1. The van der Waals surface area contributed by atoms with Crippen LogP contribution in [0.1, 0.15) is 15.9 Å². The van der Waals surface area contributed by atoms with Crippen molar-refractivity contribution in [3.63, 3.8) is 0 Å². The van der Waals surface area contributed by atoms with Gasteiger partial charge < -0.3 is 14.0 Å². The Hall–Kier alpha value is -3.61. The van der Waals surface area contributed by atoms with Crippen LogP contribution < -0.4 is 14.9 Å². The Labute approximate surface area is 143 Å². The minimum Gasteiger partial charge on any atom is -0.454 e. The van der Waals surface area contributed by atoms with E-state index in [2.05, 4.69) is 15.5 Å². The van der Waals surface area contributed by atoms with Crippen LogP contribution in [-0.4, -0.2) is 28.5 Å². The maximum atomic E-state index is 12.1. The Morgan fingerprint density at radius 1 is 1.16 bits per heavy atom. The lowest BCUT2D eigenvalue weighted by Crippen LogP contribution is -2.17. The molecule has 7 heteroatoms. The minimum absolute atomic E-state index is 0.174. The highest BCUT2D eigenvalue weighted by Crippen LogP contribution is 2.32. The van der Waals surface area contributed by atoms with Gasteiger partial charge >= 0.3 is 0 Å². The first-order valence-corrected chi connectivity index (χ1v) is 7.61. The molecule has 0 atom stereocenters. The molecule has 0 unspecified atom stereocenters. The minimum atomic E-state index is -0.315. The van der Waals surface area contributed by atoms with Gasteiger partial charge in [0.1, 0.15) is 0 Å². The first-order chi connectivity index (χ1) is 12.3. The van der Waals surface area contributed by atoms with E-state index in [1.807, 2.05) is 35.0 Å². The standard InChI is InChI=1S/C18H14N4O3/c23-18(14-3-6-16-17(9-14)25-12-24-16)21-20-10-13-1-4-15(5-2-13)22-8-7-19-11-22/h1-11H,12H2,(H,21,23)/b20-10+. The van der Waals surface area contributed by atoms with Crippen LogP contribution in [0, 0.1) is 0 Å². The van der Waals surface area contributed by atoms with Gasteiger partial charge in [-0.15, -0.1) is 0 Å². The summed E-state index contributed by atoms with van der Waals surface area (Å²) in [7, 11) is 0. The fourth-order valence-electron chi connectivity index (χ4n) is 2.41. The molecule has 2 aromatic carbocycles. The summed E-state index contributed by atoms with van der Waals surface area (Å²) >= 11 is 0. The number of nitrogens with zero attached hydrogens (tertiary/aromatic N) is 3. The molecule has 1 aliphatic rings. The van der Waals surface area contributed by atoms with Crippen molar-refractivity contribution in [2.45, 2.75) is 0 Å². The quantitative estimate of drug-likeness (QED) is 0.587. The lowest BCUT2D eigenvalue weighted by atomic mass is 10.2. The number of ether oxygens (including phenoxy) is 2. The zero-order chi connectivity index (χ0) is 17.1. The number of benzene rings is 2. The second-order valence-corrected chi connectivity index (χ2v) is 5.33. The van der Waals surface area contributed by atoms with E-state index in [1.54, 1.807) is 36.9 Å². The molecule has 0 saturated heterocycles. The van der Waals surface area contributed by atoms with Gasteiger partial charge in [-0.2, -0.15) is 5.10 Å². The van der Waals surface area contributed by atoms with Crippen LogP contribution in [-0.2, 0) is 0 Å². The number of rotatable bonds is 4. The number of hydrazone groups is 1. The third kappa shape index (κ3) is 3.20. The summed E-state index contributed by atoms with van der Waals surface area (Å²) in [6.45, 7) is 0.174. The molecule has 7 nitrogen and oxygen atoms in total. The molecule has 2 heterocycles. The Balaban J connectivity index is 1.39. The highest BCUT2D eigenvalue weighted by Gasteiger charge is 2.15. The molecule has 0 radical (unpaired) electrons. The Morgan fingerprint density at radius 2 is 2.00 bits per heavy atom. The predicted octanol–water partition coefficient (Wildman–Crippen LogP) is 2.36. The van der Waals surface area contributed by atoms with Crippen molar-refractivity contribution in [2.75, 3.05) is 6.79 Å². The molecule has 1 aliphatic heterocycles. The van der Waals surface area contributed by atoms with E-state index in [0.29, 0.717) is 17.1 Å². The zero-order valence-electron chi connectivity index (χ0n) is 13.1. The van der Waals surface area contributed by atoms with E-state index in [0.717, 1.165) is 11.3 Å². The molecule has 0 aliphatic carbocycles. The van der Waals surface area contributed by atoms with Crippen molar-refractivity contribution in [1.82, 2.24) is 15.0 Å². The highest BCUT2D eigenvalue weighted by molar-refractivity contribution is 5.95. The van der Waals surface area contributed by atoms with Gasteiger partial charge in [0, 0.05) is 23.6 Å². The number of amides is 1. The van der Waals surface area contributed by atoms with E-state index >= 15 is 0 Å². The van der Waals surface area contributed by atoms with Crippen molar-refractivity contribution in [3.8, 4) is 17.2 Å². The first kappa shape index (κ1) is 14.9. The highest BCUT2D eigenvalue weighted by atomic mass is 16.7. The zero-order valence-corrected chi connectivity index (χ0v) is 13.1. The average molecular weight is 334 g/mol. The molecule has 1 amide bonds. The van der Waals surface area contributed by atoms with E-state index in [4.69, 9.17) is 9.47 Å². The maximum Gasteiger partial charge on any atom is 0.271 e. The first-order valence-electron chi connectivity index (χ1n) is 7.61. The third-order valence-corrected chi connectivity index (χ3v) is 3.71. The fourth-order valence-corrected chi connectivity index (χ4v) is 2.41. The van der Waals surface area contributed by atoms with E-state index in [1.165, 1.54) is 0 Å². The number of imidazole rings is 1. The molecule has 0 bridgehead atoms. The second kappa shape index (κ2) is 6.48. The lowest BCUT2D eigenvalue weighted by Gasteiger charge is -2.03. The van der Waals surface area contributed by atoms with Crippen molar-refractivity contribution in [3.05, 3.63) is 72.3 Å². The van der Waals surface area contributed by atoms with Gasteiger partial charge in [0.25, 0.3) is 5.91 Å². The fraction of sp³-hybridized carbons (Fsp3) is 0.0556. The van der Waals surface area contributed by atoms with Crippen LogP contribution in [0.4, 0.5) is 0 Å². The molecule has 25 heavy (non-hydrogen) atoms. The molecule has 1 aromatic heterocycles. The van der Waals surface area contributed by atoms with Gasteiger partial charge in [-0.3, -0.25) is 4.79 Å². The van der Waals surface area contributed by atoms with E-state index in [9.17, 15) is 4.79 Å². The Bertz CT molecular complexity index is 918. The molecule has 0 fully saturated rings. The molecule has 0 spiro atoms.